The van der Waals surface area contributed by atoms with Crippen molar-refractivity contribution in [2.24, 2.45) is 4.99 Å². The van der Waals surface area contributed by atoms with Crippen LogP contribution in [-0.4, -0.2) is 5.84 Å². The number of hydrogen-bond acceptors (Lipinski definition) is 4. The molecule has 0 saturated heterocycles. The van der Waals surface area contributed by atoms with Gasteiger partial charge in [0.05, 0.1) is 0 Å². The van der Waals surface area contributed by atoms with Gasteiger partial charge in [-0.1, -0.05) is 194 Å². The van der Waals surface area contributed by atoms with Gasteiger partial charge in [0.2, 0.25) is 0 Å². The maximum absolute atomic E-state index is 7.01. The van der Waals surface area contributed by atoms with E-state index >= 15 is 0 Å². The van der Waals surface area contributed by atoms with Crippen molar-refractivity contribution < 1.29 is 4.42 Å². The minimum absolute atomic E-state index is 0.298. The molecule has 0 spiro atoms. The summed E-state index contributed by atoms with van der Waals surface area (Å²) < 4.78 is 7.01. The molecule has 0 aliphatic carbocycles. The van der Waals surface area contributed by atoms with Crippen molar-refractivity contribution >= 4 is 27.8 Å². The summed E-state index contributed by atoms with van der Waals surface area (Å²) in [5, 5.41) is 9.93. The van der Waals surface area contributed by atoms with Crippen molar-refractivity contribution in [1.82, 2.24) is 10.6 Å². The average molecular weight is 708 g/mol. The SMILES string of the molecule is c1ccc(-c2ccc(C3=NC(c4cccc(-c5ccccc5)c4)NC(c4ccc5c(oc6c(-c7ccccc7)cccc65)c4-c4ccccc4)N3)cc2)cc1. The number of furan rings is 1. The summed E-state index contributed by atoms with van der Waals surface area (Å²) in [5.74, 6) is 0.827. The average Bonchev–Trinajstić information content (AvgIpc) is 3.66. The molecule has 0 fully saturated rings. The Balaban J connectivity index is 1.13. The molecule has 1 aliphatic rings. The summed E-state index contributed by atoms with van der Waals surface area (Å²) in [6, 6.07) is 70.4. The second kappa shape index (κ2) is 14.1. The fourth-order valence-electron chi connectivity index (χ4n) is 7.87. The normalized spacial score (nSPS) is 15.5. The van der Waals surface area contributed by atoms with Crippen LogP contribution in [0.2, 0.25) is 0 Å². The molecule has 2 atom stereocenters. The predicted molar refractivity (Wildman–Crippen MR) is 227 cm³/mol. The van der Waals surface area contributed by atoms with E-state index < -0.39 is 0 Å². The highest BCUT2D eigenvalue weighted by Crippen LogP contribution is 2.43. The number of rotatable bonds is 7. The van der Waals surface area contributed by atoms with E-state index in [0.29, 0.717) is 0 Å². The van der Waals surface area contributed by atoms with Crippen molar-refractivity contribution in [2.75, 3.05) is 0 Å². The zero-order valence-corrected chi connectivity index (χ0v) is 30.1. The van der Waals surface area contributed by atoms with Gasteiger partial charge < -0.3 is 9.73 Å². The van der Waals surface area contributed by atoms with Gasteiger partial charge in [0.1, 0.15) is 29.3 Å². The summed E-state index contributed by atoms with van der Waals surface area (Å²) in [6.07, 6.45) is -0.619. The largest absolute Gasteiger partial charge is 0.455 e. The molecule has 1 aromatic heterocycles. The first kappa shape index (κ1) is 32.6. The van der Waals surface area contributed by atoms with Gasteiger partial charge >= 0.3 is 0 Å². The molecule has 0 radical (unpaired) electrons. The highest BCUT2D eigenvalue weighted by molar-refractivity contribution is 6.13. The van der Waals surface area contributed by atoms with E-state index in [1.165, 1.54) is 16.7 Å². The van der Waals surface area contributed by atoms with Gasteiger partial charge in [0.25, 0.3) is 0 Å². The molecular formula is C51H37N3O. The molecule has 55 heavy (non-hydrogen) atoms. The number of fused-ring (bicyclic) bond motifs is 3. The lowest BCUT2D eigenvalue weighted by atomic mass is 9.93. The summed E-state index contributed by atoms with van der Waals surface area (Å²) in [7, 11) is 0. The van der Waals surface area contributed by atoms with Crippen molar-refractivity contribution in [3.63, 3.8) is 0 Å². The Morgan fingerprint density at radius 1 is 0.418 bits per heavy atom. The lowest BCUT2D eigenvalue weighted by molar-refractivity contribution is 0.409. The Labute approximate surface area is 320 Å². The molecule has 9 aromatic rings. The van der Waals surface area contributed by atoms with Crippen molar-refractivity contribution in [2.45, 2.75) is 12.3 Å². The molecule has 2 unspecified atom stereocenters. The van der Waals surface area contributed by atoms with Gasteiger partial charge in [-0.05, 0) is 45.0 Å². The molecule has 0 bridgehead atoms. The van der Waals surface area contributed by atoms with Gasteiger partial charge in [-0.15, -0.1) is 0 Å². The third-order valence-corrected chi connectivity index (χ3v) is 10.6. The van der Waals surface area contributed by atoms with E-state index in [1.807, 2.05) is 12.1 Å². The van der Waals surface area contributed by atoms with Crippen molar-refractivity contribution in [3.05, 3.63) is 217 Å². The smallest absolute Gasteiger partial charge is 0.143 e. The first-order valence-corrected chi connectivity index (χ1v) is 18.8. The van der Waals surface area contributed by atoms with Gasteiger partial charge in [-0.3, -0.25) is 5.32 Å². The summed E-state index contributed by atoms with van der Waals surface area (Å²) in [4.78, 5) is 5.35. The van der Waals surface area contributed by atoms with Crippen LogP contribution < -0.4 is 10.6 Å². The lowest BCUT2D eigenvalue weighted by Gasteiger charge is -2.33. The predicted octanol–water partition coefficient (Wildman–Crippen LogP) is 12.6. The quantitative estimate of drug-likeness (QED) is 0.173. The number of hydrogen-bond donors (Lipinski definition) is 2. The van der Waals surface area contributed by atoms with E-state index in [-0.39, 0.29) is 12.3 Å². The summed E-state index contributed by atoms with van der Waals surface area (Å²) in [6.45, 7) is 0. The topological polar surface area (TPSA) is 49.6 Å². The fourth-order valence-corrected chi connectivity index (χ4v) is 7.87. The summed E-state index contributed by atoms with van der Waals surface area (Å²) in [5.41, 5.74) is 14.0. The van der Waals surface area contributed by atoms with Crippen LogP contribution in [0.5, 0.6) is 0 Å². The number of para-hydroxylation sites is 1. The van der Waals surface area contributed by atoms with Crippen LogP contribution in [-0.2, 0) is 0 Å². The van der Waals surface area contributed by atoms with Crippen LogP contribution in [0.3, 0.4) is 0 Å². The number of nitrogens with one attached hydrogen (secondary N) is 2. The zero-order valence-electron chi connectivity index (χ0n) is 30.1. The molecule has 262 valence electrons. The molecular weight excluding hydrogens is 671 g/mol. The lowest BCUT2D eigenvalue weighted by Crippen LogP contribution is -2.45. The maximum atomic E-state index is 7.01. The van der Waals surface area contributed by atoms with E-state index in [1.54, 1.807) is 0 Å². The van der Waals surface area contributed by atoms with Crippen LogP contribution in [0.1, 0.15) is 29.0 Å². The molecule has 8 aromatic carbocycles. The Bertz CT molecular complexity index is 2790. The standard InChI is InChI=1S/C51H37N3O/c1-5-15-34(16-6-1)36-27-29-39(30-28-36)49-52-50(41-24-13-23-40(33-41)35-17-7-2-8-18-35)54-51(53-49)45-32-31-44-43-26-14-25-42(37-19-9-3-10-20-37)47(43)55-48(44)46(45)38-21-11-4-12-22-38/h1-33,50-51,54H,(H,52,53). The molecule has 2 N–H and O–H groups in total. The zero-order chi connectivity index (χ0) is 36.6. The number of benzene rings is 8. The first-order chi connectivity index (χ1) is 27.3. The van der Waals surface area contributed by atoms with Crippen LogP contribution in [0.25, 0.3) is 66.4 Å². The fraction of sp³-hybridized carbons (Fsp3) is 0.0392. The molecule has 1 aliphatic heterocycles. The van der Waals surface area contributed by atoms with Crippen molar-refractivity contribution in [3.8, 4) is 44.5 Å². The van der Waals surface area contributed by atoms with E-state index in [0.717, 1.165) is 72.3 Å². The molecule has 2 heterocycles. The first-order valence-electron chi connectivity index (χ1n) is 18.8. The highest BCUT2D eigenvalue weighted by Gasteiger charge is 2.29. The van der Waals surface area contributed by atoms with E-state index in [9.17, 15) is 0 Å². The monoisotopic (exact) mass is 707 g/mol. The number of nitrogens with zero attached hydrogens (tertiary/aromatic N) is 1. The number of aliphatic imine (C=N–C) groups is 1. The Morgan fingerprint density at radius 3 is 1.65 bits per heavy atom. The van der Waals surface area contributed by atoms with Crippen molar-refractivity contribution in [1.29, 1.82) is 0 Å². The van der Waals surface area contributed by atoms with E-state index in [2.05, 4.69) is 199 Å². The van der Waals surface area contributed by atoms with Crippen LogP contribution >= 0.6 is 0 Å². The highest BCUT2D eigenvalue weighted by atomic mass is 16.3. The van der Waals surface area contributed by atoms with Gasteiger partial charge in [0, 0.05) is 33.0 Å². The second-order valence-corrected chi connectivity index (χ2v) is 14.0. The van der Waals surface area contributed by atoms with Gasteiger partial charge in [-0.25, -0.2) is 4.99 Å². The van der Waals surface area contributed by atoms with E-state index in [4.69, 9.17) is 9.41 Å². The molecule has 10 rings (SSSR count). The van der Waals surface area contributed by atoms with Gasteiger partial charge in [0.15, 0.2) is 0 Å². The van der Waals surface area contributed by atoms with Crippen LogP contribution in [0, 0.1) is 0 Å². The maximum Gasteiger partial charge on any atom is 0.143 e. The third-order valence-electron chi connectivity index (χ3n) is 10.6. The molecule has 0 amide bonds. The molecule has 0 saturated carbocycles. The van der Waals surface area contributed by atoms with Crippen LogP contribution in [0.15, 0.2) is 210 Å². The van der Waals surface area contributed by atoms with Crippen LogP contribution in [0.4, 0.5) is 0 Å². The molecule has 4 nitrogen and oxygen atoms in total. The van der Waals surface area contributed by atoms with Gasteiger partial charge in [-0.2, -0.15) is 0 Å². The minimum atomic E-state index is -0.321. The summed E-state index contributed by atoms with van der Waals surface area (Å²) >= 11 is 0. The second-order valence-electron chi connectivity index (χ2n) is 14.0. The Morgan fingerprint density at radius 2 is 0.964 bits per heavy atom. The minimum Gasteiger partial charge on any atom is -0.455 e. The Hall–Kier alpha value is -7.01. The number of amidine groups is 1. The molecule has 4 heteroatoms. The Kier molecular flexibility index (Phi) is 8.36. The third kappa shape index (κ3) is 6.19.